The molecule has 128 valence electrons. The van der Waals surface area contributed by atoms with E-state index < -0.39 is 6.04 Å². The van der Waals surface area contributed by atoms with Gasteiger partial charge in [-0.15, -0.1) is 0 Å². The number of halogens is 2. The Hall–Kier alpha value is -2.00. The fraction of sp³-hybridized carbons (Fsp3) is 0.111. The first-order valence-electron chi connectivity index (χ1n) is 7.54. The highest BCUT2D eigenvalue weighted by Crippen LogP contribution is 2.28. The molecule has 0 spiro atoms. The number of thiocarbonyl (C=S) groups is 1. The van der Waals surface area contributed by atoms with Crippen LogP contribution in [0.2, 0.25) is 0 Å². The molecule has 2 aromatic rings. The first-order valence-corrected chi connectivity index (χ1v) is 9.03. The second kappa shape index (κ2) is 7.49. The molecule has 0 fully saturated rings. The summed E-state index contributed by atoms with van der Waals surface area (Å²) in [6, 6.07) is 13.1. The topological polar surface area (TPSA) is 53.2 Å². The number of carbonyl (C=O) groups is 1. The van der Waals surface area contributed by atoms with Gasteiger partial charge >= 0.3 is 0 Å². The molecule has 0 saturated heterocycles. The zero-order chi connectivity index (χ0) is 18.0. The highest BCUT2D eigenvalue weighted by molar-refractivity contribution is 14.1. The SMILES string of the molecule is CC1=C(C(=O)Nc2ccc(I)cc2)[C@@H](c2ccc(F)cc2)NC(=S)N1. The minimum absolute atomic E-state index is 0.240. The van der Waals surface area contributed by atoms with Crippen LogP contribution in [0.4, 0.5) is 10.1 Å². The maximum absolute atomic E-state index is 13.2. The Labute approximate surface area is 164 Å². The zero-order valence-electron chi connectivity index (χ0n) is 13.3. The van der Waals surface area contributed by atoms with Gasteiger partial charge in [-0.1, -0.05) is 12.1 Å². The zero-order valence-corrected chi connectivity index (χ0v) is 16.2. The van der Waals surface area contributed by atoms with E-state index in [2.05, 4.69) is 38.5 Å². The summed E-state index contributed by atoms with van der Waals surface area (Å²) < 4.78 is 14.3. The van der Waals surface area contributed by atoms with Crippen molar-refractivity contribution in [2.45, 2.75) is 13.0 Å². The Bertz CT molecular complexity index is 850. The van der Waals surface area contributed by atoms with E-state index >= 15 is 0 Å². The van der Waals surface area contributed by atoms with Crippen LogP contribution in [-0.2, 0) is 4.79 Å². The van der Waals surface area contributed by atoms with Crippen LogP contribution in [0.1, 0.15) is 18.5 Å². The normalized spacial score (nSPS) is 16.9. The van der Waals surface area contributed by atoms with Gasteiger partial charge < -0.3 is 16.0 Å². The van der Waals surface area contributed by atoms with Crippen LogP contribution >= 0.6 is 34.8 Å². The van der Waals surface area contributed by atoms with Gasteiger partial charge in [0.2, 0.25) is 0 Å². The fourth-order valence-electron chi connectivity index (χ4n) is 2.63. The molecule has 4 nitrogen and oxygen atoms in total. The molecule has 1 aliphatic rings. The van der Waals surface area contributed by atoms with Crippen molar-refractivity contribution in [2.24, 2.45) is 0 Å². The van der Waals surface area contributed by atoms with Gasteiger partial charge in [-0.3, -0.25) is 4.79 Å². The molecule has 0 unspecified atom stereocenters. The molecule has 3 N–H and O–H groups in total. The van der Waals surface area contributed by atoms with Gasteiger partial charge in [0.05, 0.1) is 11.6 Å². The molecule has 1 atom stereocenters. The Kier molecular flexibility index (Phi) is 5.33. The number of anilines is 1. The summed E-state index contributed by atoms with van der Waals surface area (Å²) in [4.78, 5) is 12.9. The number of rotatable bonds is 3. The Morgan fingerprint density at radius 2 is 1.80 bits per heavy atom. The van der Waals surface area contributed by atoms with Crippen molar-refractivity contribution in [3.05, 3.63) is 74.8 Å². The summed E-state index contributed by atoms with van der Waals surface area (Å²) in [6.45, 7) is 1.80. The van der Waals surface area contributed by atoms with Crippen LogP contribution < -0.4 is 16.0 Å². The van der Waals surface area contributed by atoms with Gasteiger partial charge in [0.25, 0.3) is 5.91 Å². The lowest BCUT2D eigenvalue weighted by atomic mass is 9.95. The van der Waals surface area contributed by atoms with E-state index in [1.165, 1.54) is 12.1 Å². The van der Waals surface area contributed by atoms with Crippen molar-refractivity contribution >= 4 is 51.5 Å². The first-order chi connectivity index (χ1) is 11.9. The highest BCUT2D eigenvalue weighted by Gasteiger charge is 2.29. The van der Waals surface area contributed by atoms with Crippen molar-refractivity contribution in [1.82, 2.24) is 10.6 Å². The second-order valence-corrected chi connectivity index (χ2v) is 7.24. The van der Waals surface area contributed by atoms with E-state index in [4.69, 9.17) is 12.2 Å². The van der Waals surface area contributed by atoms with Crippen LogP contribution in [0.5, 0.6) is 0 Å². The maximum Gasteiger partial charge on any atom is 0.255 e. The van der Waals surface area contributed by atoms with E-state index in [1.807, 2.05) is 24.3 Å². The third-order valence-electron chi connectivity index (χ3n) is 3.82. The summed E-state index contributed by atoms with van der Waals surface area (Å²) >= 11 is 7.41. The van der Waals surface area contributed by atoms with E-state index in [0.717, 1.165) is 9.13 Å². The largest absolute Gasteiger partial charge is 0.351 e. The molecule has 7 heteroatoms. The van der Waals surface area contributed by atoms with Crippen LogP contribution in [-0.4, -0.2) is 11.0 Å². The fourth-order valence-corrected chi connectivity index (χ4v) is 3.26. The standard InChI is InChI=1S/C18H15FIN3OS/c1-10-15(17(24)22-14-8-6-13(20)7-9-14)16(23-18(25)21-10)11-2-4-12(19)5-3-11/h2-9,16H,1H3,(H,22,24)(H2,21,23,25)/t16-/m1/s1. The lowest BCUT2D eigenvalue weighted by Crippen LogP contribution is -2.45. The van der Waals surface area contributed by atoms with Crippen LogP contribution in [0.3, 0.4) is 0 Å². The molecule has 1 heterocycles. The van der Waals surface area contributed by atoms with Crippen molar-refractivity contribution < 1.29 is 9.18 Å². The minimum Gasteiger partial charge on any atom is -0.351 e. The average Bonchev–Trinajstić information content (AvgIpc) is 2.57. The minimum atomic E-state index is -0.446. The van der Waals surface area contributed by atoms with E-state index in [0.29, 0.717) is 22.1 Å². The summed E-state index contributed by atoms with van der Waals surface area (Å²) in [5.74, 6) is -0.568. The van der Waals surface area contributed by atoms with E-state index in [-0.39, 0.29) is 11.7 Å². The summed E-state index contributed by atoms with van der Waals surface area (Å²) in [5.41, 5.74) is 2.65. The van der Waals surface area contributed by atoms with Crippen molar-refractivity contribution in [3.63, 3.8) is 0 Å². The Morgan fingerprint density at radius 3 is 2.44 bits per heavy atom. The van der Waals surface area contributed by atoms with Crippen LogP contribution in [0.25, 0.3) is 0 Å². The number of hydrogen-bond donors (Lipinski definition) is 3. The smallest absolute Gasteiger partial charge is 0.255 e. The summed E-state index contributed by atoms with van der Waals surface area (Å²) in [6.07, 6.45) is 0. The monoisotopic (exact) mass is 467 g/mol. The van der Waals surface area contributed by atoms with Gasteiger partial charge in [0.1, 0.15) is 5.82 Å². The molecule has 0 saturated carbocycles. The molecule has 1 aliphatic heterocycles. The number of carbonyl (C=O) groups excluding carboxylic acids is 1. The summed E-state index contributed by atoms with van der Waals surface area (Å²) in [5, 5.41) is 9.39. The molecule has 1 amide bonds. The highest BCUT2D eigenvalue weighted by atomic mass is 127. The lowest BCUT2D eigenvalue weighted by Gasteiger charge is -2.30. The number of amides is 1. The average molecular weight is 467 g/mol. The van der Waals surface area contributed by atoms with Crippen molar-refractivity contribution in [2.75, 3.05) is 5.32 Å². The van der Waals surface area contributed by atoms with Gasteiger partial charge in [-0.25, -0.2) is 4.39 Å². The predicted molar refractivity (Wildman–Crippen MR) is 108 cm³/mol. The second-order valence-electron chi connectivity index (χ2n) is 5.58. The Balaban J connectivity index is 1.92. The molecule has 0 radical (unpaired) electrons. The van der Waals surface area contributed by atoms with Gasteiger partial charge in [-0.2, -0.15) is 0 Å². The third-order valence-corrected chi connectivity index (χ3v) is 4.76. The third kappa shape index (κ3) is 4.16. The lowest BCUT2D eigenvalue weighted by molar-refractivity contribution is -0.113. The molecule has 0 aromatic heterocycles. The number of hydrogen-bond acceptors (Lipinski definition) is 2. The van der Waals surface area contributed by atoms with Crippen LogP contribution in [0.15, 0.2) is 59.8 Å². The van der Waals surface area contributed by atoms with E-state index in [9.17, 15) is 9.18 Å². The molecular formula is C18H15FIN3OS. The molecule has 3 rings (SSSR count). The molecular weight excluding hydrogens is 452 g/mol. The number of allylic oxidation sites excluding steroid dienone is 1. The van der Waals surface area contributed by atoms with Crippen molar-refractivity contribution in [3.8, 4) is 0 Å². The first kappa shape index (κ1) is 17.8. The predicted octanol–water partition coefficient (Wildman–Crippen LogP) is 3.86. The van der Waals surface area contributed by atoms with E-state index in [1.54, 1.807) is 19.1 Å². The van der Waals surface area contributed by atoms with Gasteiger partial charge in [0.15, 0.2) is 5.11 Å². The number of benzene rings is 2. The van der Waals surface area contributed by atoms with Crippen molar-refractivity contribution in [1.29, 1.82) is 0 Å². The molecule has 2 aromatic carbocycles. The van der Waals surface area contributed by atoms with Gasteiger partial charge in [-0.05, 0) is 83.7 Å². The number of nitrogens with one attached hydrogen (secondary N) is 3. The van der Waals surface area contributed by atoms with Gasteiger partial charge in [0, 0.05) is 15.0 Å². The molecule has 0 aliphatic carbocycles. The maximum atomic E-state index is 13.2. The Morgan fingerprint density at radius 1 is 1.16 bits per heavy atom. The molecule has 0 bridgehead atoms. The summed E-state index contributed by atoms with van der Waals surface area (Å²) in [7, 11) is 0. The quantitative estimate of drug-likeness (QED) is 0.474. The molecule has 25 heavy (non-hydrogen) atoms. The van der Waals surface area contributed by atoms with Crippen LogP contribution in [0, 0.1) is 9.39 Å².